The van der Waals surface area contributed by atoms with E-state index >= 15 is 0 Å². The van der Waals surface area contributed by atoms with Crippen LogP contribution < -0.4 is 0 Å². The molecule has 0 fully saturated rings. The van der Waals surface area contributed by atoms with E-state index in [4.69, 9.17) is 0 Å². The van der Waals surface area contributed by atoms with Gasteiger partial charge in [-0.15, -0.1) is 10.2 Å². The van der Waals surface area contributed by atoms with Crippen molar-refractivity contribution in [3.63, 3.8) is 0 Å². The zero-order chi connectivity index (χ0) is 12.4. The molecule has 0 saturated heterocycles. The molecule has 88 valence electrons. The number of nitrogens with zero attached hydrogens (tertiary/aromatic N) is 4. The molecule has 0 saturated carbocycles. The Bertz CT molecular complexity index is 535. The highest BCUT2D eigenvalue weighted by molar-refractivity contribution is 5.98. The Morgan fingerprint density at radius 3 is 2.18 bits per heavy atom. The third-order valence-electron chi connectivity index (χ3n) is 2.49. The van der Waals surface area contributed by atoms with Gasteiger partial charge in [0.1, 0.15) is 5.75 Å². The molecule has 0 aliphatic heterocycles. The van der Waals surface area contributed by atoms with Gasteiger partial charge in [0.2, 0.25) is 0 Å². The topological polar surface area (TPSA) is 63.3 Å². The molecule has 1 N–H and O–H groups in total. The monoisotopic (exact) mass is 230 g/mol. The summed E-state index contributed by atoms with van der Waals surface area (Å²) in [7, 11) is 0. The Morgan fingerprint density at radius 2 is 1.65 bits per heavy atom. The molecule has 5 heteroatoms. The first-order valence-electron chi connectivity index (χ1n) is 5.31. The van der Waals surface area contributed by atoms with Crippen LogP contribution in [0.1, 0.15) is 24.1 Å². The summed E-state index contributed by atoms with van der Waals surface area (Å²) in [6.07, 6.45) is 0. The number of phenolic OH excluding ortho intramolecular Hbond substituents is 1. The summed E-state index contributed by atoms with van der Waals surface area (Å²) in [4.78, 5) is 0. The summed E-state index contributed by atoms with van der Waals surface area (Å²) in [5.74, 6) is 1.75. The zero-order valence-corrected chi connectivity index (χ0v) is 10.0. The van der Waals surface area contributed by atoms with Crippen molar-refractivity contribution in [2.75, 3.05) is 0 Å². The van der Waals surface area contributed by atoms with Gasteiger partial charge in [0.05, 0.1) is 5.71 Å². The molecule has 0 aliphatic rings. The first-order valence-corrected chi connectivity index (χ1v) is 5.31. The Kier molecular flexibility index (Phi) is 2.91. The van der Waals surface area contributed by atoms with Gasteiger partial charge in [-0.3, -0.25) is 0 Å². The molecule has 0 unspecified atom stereocenters. The van der Waals surface area contributed by atoms with E-state index in [1.807, 2.05) is 32.9 Å². The van der Waals surface area contributed by atoms with Gasteiger partial charge >= 0.3 is 0 Å². The summed E-state index contributed by atoms with van der Waals surface area (Å²) in [5, 5.41) is 21.5. The molecule has 2 aromatic rings. The minimum absolute atomic E-state index is 0.248. The normalized spacial score (nSPS) is 11.8. The van der Waals surface area contributed by atoms with Crippen LogP contribution in [0.2, 0.25) is 0 Å². The van der Waals surface area contributed by atoms with Crippen LogP contribution in [0.3, 0.4) is 0 Å². The maximum atomic E-state index is 9.22. The summed E-state index contributed by atoms with van der Waals surface area (Å²) in [5.41, 5.74) is 1.80. The van der Waals surface area contributed by atoms with Crippen molar-refractivity contribution in [2.45, 2.75) is 20.8 Å². The highest BCUT2D eigenvalue weighted by Crippen LogP contribution is 2.11. The average Bonchev–Trinajstić information content (AvgIpc) is 2.61. The number of benzene rings is 1. The largest absolute Gasteiger partial charge is 0.508 e. The lowest BCUT2D eigenvalue weighted by atomic mass is 10.1. The number of aromatic hydroxyl groups is 1. The lowest BCUT2D eigenvalue weighted by Gasteiger charge is -2.03. The molecule has 17 heavy (non-hydrogen) atoms. The molecule has 2 rings (SSSR count). The first-order chi connectivity index (χ1) is 8.08. The van der Waals surface area contributed by atoms with Crippen molar-refractivity contribution >= 4 is 5.71 Å². The van der Waals surface area contributed by atoms with Crippen molar-refractivity contribution in [3.05, 3.63) is 41.5 Å². The van der Waals surface area contributed by atoms with E-state index in [2.05, 4.69) is 15.3 Å². The molecule has 0 aliphatic carbocycles. The van der Waals surface area contributed by atoms with Crippen LogP contribution in [0.15, 0.2) is 29.4 Å². The molecule has 0 atom stereocenters. The molecule has 0 spiro atoms. The number of aryl methyl sites for hydroxylation is 2. The quantitative estimate of drug-likeness (QED) is 0.801. The number of aromatic nitrogens is 3. The second-order valence-corrected chi connectivity index (χ2v) is 3.84. The van der Waals surface area contributed by atoms with Crippen LogP contribution in [0, 0.1) is 13.8 Å². The molecule has 0 radical (unpaired) electrons. The van der Waals surface area contributed by atoms with E-state index in [9.17, 15) is 5.11 Å². The minimum Gasteiger partial charge on any atom is -0.508 e. The fourth-order valence-corrected chi connectivity index (χ4v) is 1.52. The Balaban J connectivity index is 2.37. The van der Waals surface area contributed by atoms with Crippen LogP contribution in [-0.2, 0) is 0 Å². The highest BCUT2D eigenvalue weighted by atomic mass is 16.3. The second-order valence-electron chi connectivity index (χ2n) is 3.84. The smallest absolute Gasteiger partial charge is 0.151 e. The molecule has 5 nitrogen and oxygen atoms in total. The summed E-state index contributed by atoms with van der Waals surface area (Å²) >= 11 is 0. The Labute approximate surface area is 99.4 Å². The molecule has 0 bridgehead atoms. The lowest BCUT2D eigenvalue weighted by molar-refractivity contribution is 0.475. The van der Waals surface area contributed by atoms with Crippen molar-refractivity contribution in [1.82, 2.24) is 14.9 Å². The maximum absolute atomic E-state index is 9.22. The summed E-state index contributed by atoms with van der Waals surface area (Å²) < 4.78 is 1.70. The third-order valence-corrected chi connectivity index (χ3v) is 2.49. The van der Waals surface area contributed by atoms with Gasteiger partial charge in [0.15, 0.2) is 11.6 Å². The molecule has 1 aromatic heterocycles. The summed E-state index contributed by atoms with van der Waals surface area (Å²) in [6, 6.07) is 6.92. The predicted octanol–water partition coefficient (Wildman–Crippen LogP) is 1.87. The molecular weight excluding hydrogens is 216 g/mol. The lowest BCUT2D eigenvalue weighted by Crippen LogP contribution is -2.02. The van der Waals surface area contributed by atoms with E-state index < -0.39 is 0 Å². The average molecular weight is 230 g/mol. The van der Waals surface area contributed by atoms with E-state index in [1.54, 1.807) is 16.8 Å². The van der Waals surface area contributed by atoms with Gasteiger partial charge < -0.3 is 5.11 Å². The standard InChI is InChI=1S/C12H14N4O/c1-8(11-4-6-12(17)7-5-11)15-16-9(2)13-14-10(16)3/h4-7,17H,1-3H3/b15-8-. The van der Waals surface area contributed by atoms with Crippen LogP contribution in [0.5, 0.6) is 5.75 Å². The van der Waals surface area contributed by atoms with Gasteiger partial charge in [-0.1, -0.05) is 0 Å². The number of phenols is 1. The van der Waals surface area contributed by atoms with Crippen molar-refractivity contribution < 1.29 is 5.11 Å². The Hall–Kier alpha value is -2.17. The molecular formula is C12H14N4O. The Morgan fingerprint density at radius 1 is 1.12 bits per heavy atom. The number of hydrogen-bond donors (Lipinski definition) is 1. The predicted molar refractivity (Wildman–Crippen MR) is 65.2 cm³/mol. The SMILES string of the molecule is C/C(=N/n1c(C)nnc1C)c1ccc(O)cc1. The third kappa shape index (κ3) is 2.33. The van der Waals surface area contributed by atoms with E-state index in [0.717, 1.165) is 22.9 Å². The van der Waals surface area contributed by atoms with Crippen molar-refractivity contribution in [3.8, 4) is 5.75 Å². The zero-order valence-electron chi connectivity index (χ0n) is 10.0. The van der Waals surface area contributed by atoms with E-state index in [0.29, 0.717) is 0 Å². The van der Waals surface area contributed by atoms with Crippen LogP contribution >= 0.6 is 0 Å². The van der Waals surface area contributed by atoms with E-state index in [-0.39, 0.29) is 5.75 Å². The molecule has 0 amide bonds. The van der Waals surface area contributed by atoms with Crippen LogP contribution in [0.4, 0.5) is 0 Å². The first kappa shape index (κ1) is 11.3. The van der Waals surface area contributed by atoms with Gasteiger partial charge in [-0.2, -0.15) is 5.10 Å². The minimum atomic E-state index is 0.248. The van der Waals surface area contributed by atoms with Crippen LogP contribution in [0.25, 0.3) is 0 Å². The van der Waals surface area contributed by atoms with Crippen LogP contribution in [-0.4, -0.2) is 25.7 Å². The van der Waals surface area contributed by atoms with Crippen molar-refractivity contribution in [1.29, 1.82) is 0 Å². The van der Waals surface area contributed by atoms with Gasteiger partial charge in [-0.05, 0) is 50.6 Å². The summed E-state index contributed by atoms with van der Waals surface area (Å²) in [6.45, 7) is 5.62. The van der Waals surface area contributed by atoms with Crippen molar-refractivity contribution in [2.24, 2.45) is 5.10 Å². The fraction of sp³-hybridized carbons (Fsp3) is 0.250. The fourth-order valence-electron chi connectivity index (χ4n) is 1.52. The molecule has 1 aromatic carbocycles. The number of hydrogen-bond acceptors (Lipinski definition) is 4. The second kappa shape index (κ2) is 4.37. The number of rotatable bonds is 2. The van der Waals surface area contributed by atoms with Gasteiger partial charge in [0, 0.05) is 0 Å². The van der Waals surface area contributed by atoms with E-state index in [1.165, 1.54) is 0 Å². The maximum Gasteiger partial charge on any atom is 0.151 e. The van der Waals surface area contributed by atoms with Gasteiger partial charge in [0.25, 0.3) is 0 Å². The van der Waals surface area contributed by atoms with Gasteiger partial charge in [-0.25, -0.2) is 4.68 Å². The highest BCUT2D eigenvalue weighted by Gasteiger charge is 2.04. The molecule has 1 heterocycles.